The molecule has 0 radical (unpaired) electrons. The number of nitrogens with zero attached hydrogens (tertiary/aromatic N) is 2. The van der Waals surface area contributed by atoms with Crippen molar-refractivity contribution in [1.82, 2.24) is 9.88 Å². The van der Waals surface area contributed by atoms with Crippen LogP contribution in [0.2, 0.25) is 0 Å². The molecule has 0 saturated heterocycles. The molecular weight excluding hydrogens is 436 g/mol. The third-order valence-corrected chi connectivity index (χ3v) is 6.06. The molecule has 2 heterocycles. The molecule has 0 saturated carbocycles. The van der Waals surface area contributed by atoms with Crippen molar-refractivity contribution in [1.29, 1.82) is 5.26 Å². The van der Waals surface area contributed by atoms with E-state index in [1.165, 1.54) is 56.3 Å². The Morgan fingerprint density at radius 2 is 1.83 bits per heavy atom. The number of hydrogen-bond donors (Lipinski definition) is 2. The first-order valence-corrected chi connectivity index (χ1v) is 12.5. The second kappa shape index (κ2) is 12.8. The largest absolute Gasteiger partial charge is 0.451 e. The van der Waals surface area contributed by atoms with Crippen molar-refractivity contribution >= 4 is 27.8 Å². The molecule has 6 nitrogen and oxygen atoms in total. The maximum Gasteiger partial charge on any atom is 0.284 e. The van der Waals surface area contributed by atoms with Crippen LogP contribution in [0.4, 0.5) is 0 Å². The Morgan fingerprint density at radius 1 is 1.06 bits per heavy atom. The number of hydrogen-bond acceptors (Lipinski definition) is 4. The number of H-pyrrole nitrogens is 1. The minimum absolute atomic E-state index is 0.209. The number of nitrogens with two attached hydrogens (primary N) is 1. The van der Waals surface area contributed by atoms with Gasteiger partial charge in [0, 0.05) is 22.5 Å². The van der Waals surface area contributed by atoms with E-state index in [4.69, 9.17) is 15.4 Å². The number of aromatic nitrogens is 1. The number of aryl methyl sites for hydroxylation is 2. The first kappa shape index (κ1) is 26.1. The Morgan fingerprint density at radius 3 is 2.51 bits per heavy atom. The second-order valence-corrected chi connectivity index (χ2v) is 9.00. The van der Waals surface area contributed by atoms with Crippen LogP contribution in [0, 0.1) is 18.3 Å². The average Bonchev–Trinajstić information content (AvgIpc) is 3.46. The zero-order valence-electron chi connectivity index (χ0n) is 21.1. The van der Waals surface area contributed by atoms with Crippen molar-refractivity contribution in [2.75, 3.05) is 19.6 Å². The summed E-state index contributed by atoms with van der Waals surface area (Å²) in [5.41, 5.74) is 10.1. The molecule has 0 atom stereocenters. The summed E-state index contributed by atoms with van der Waals surface area (Å²) in [5.74, 6) is -0.325. The maximum atomic E-state index is 10.8. The Bertz CT molecular complexity index is 1290. The maximum absolute atomic E-state index is 10.8. The number of nitrogens with one attached hydrogen (secondary N) is 1. The van der Waals surface area contributed by atoms with E-state index in [1.54, 1.807) is 6.07 Å². The van der Waals surface area contributed by atoms with Crippen molar-refractivity contribution in [3.8, 4) is 6.07 Å². The Labute approximate surface area is 207 Å². The minimum atomic E-state index is -0.533. The Balaban J connectivity index is 0.000000223. The molecule has 3 N–H and O–H groups in total. The van der Waals surface area contributed by atoms with E-state index in [2.05, 4.69) is 36.0 Å². The van der Waals surface area contributed by atoms with Crippen molar-refractivity contribution in [2.45, 2.75) is 52.9 Å². The van der Waals surface area contributed by atoms with Crippen LogP contribution in [-0.4, -0.2) is 35.4 Å². The fourth-order valence-corrected chi connectivity index (χ4v) is 4.36. The van der Waals surface area contributed by atoms with Crippen LogP contribution < -0.4 is 5.73 Å². The summed E-state index contributed by atoms with van der Waals surface area (Å²) in [6.07, 6.45) is 8.10. The molecule has 4 aromatic rings. The SMILES string of the molecule is CCCN(CCC)CCCCc1c[nH]c2ccc(C#N)cc12.Cc1ccc2oc(C(N)=O)cc2c1. The van der Waals surface area contributed by atoms with E-state index in [-0.39, 0.29) is 5.76 Å². The summed E-state index contributed by atoms with van der Waals surface area (Å²) >= 11 is 0. The van der Waals surface area contributed by atoms with Gasteiger partial charge in [0.1, 0.15) is 5.58 Å². The normalized spacial score (nSPS) is 10.9. The van der Waals surface area contributed by atoms with Gasteiger partial charge in [0.15, 0.2) is 5.76 Å². The highest BCUT2D eigenvalue weighted by molar-refractivity contribution is 5.95. The van der Waals surface area contributed by atoms with Crippen LogP contribution in [0.15, 0.2) is 53.1 Å². The number of carbonyl (C=O) groups is 1. The second-order valence-electron chi connectivity index (χ2n) is 9.00. The molecule has 0 aliphatic rings. The predicted octanol–water partition coefficient (Wildman–Crippen LogP) is 6.32. The van der Waals surface area contributed by atoms with Gasteiger partial charge < -0.3 is 20.0 Å². The van der Waals surface area contributed by atoms with E-state index < -0.39 is 5.91 Å². The van der Waals surface area contributed by atoms with Crippen molar-refractivity contribution in [3.05, 3.63) is 71.1 Å². The monoisotopic (exact) mass is 472 g/mol. The number of aromatic amines is 1. The molecule has 0 unspecified atom stereocenters. The first-order chi connectivity index (χ1) is 16.9. The molecule has 0 fully saturated rings. The molecule has 4 rings (SSSR count). The number of primary amides is 1. The summed E-state index contributed by atoms with van der Waals surface area (Å²) in [5, 5.41) is 11.2. The van der Waals surface area contributed by atoms with Crippen LogP contribution in [0.1, 0.15) is 66.8 Å². The van der Waals surface area contributed by atoms with E-state index >= 15 is 0 Å². The van der Waals surface area contributed by atoms with Crippen molar-refractivity contribution < 1.29 is 9.21 Å². The number of carbonyl (C=O) groups excluding carboxylic acids is 1. The zero-order chi connectivity index (χ0) is 25.2. The third kappa shape index (κ3) is 7.21. The van der Waals surface area contributed by atoms with Crippen LogP contribution >= 0.6 is 0 Å². The van der Waals surface area contributed by atoms with Crippen LogP contribution in [0.3, 0.4) is 0 Å². The smallest absolute Gasteiger partial charge is 0.284 e. The van der Waals surface area contributed by atoms with Gasteiger partial charge in [0.05, 0.1) is 11.6 Å². The summed E-state index contributed by atoms with van der Waals surface area (Å²) < 4.78 is 5.21. The zero-order valence-corrected chi connectivity index (χ0v) is 21.1. The lowest BCUT2D eigenvalue weighted by molar-refractivity contribution is 0.0976. The summed E-state index contributed by atoms with van der Waals surface area (Å²) in [6.45, 7) is 10.1. The predicted molar refractivity (Wildman–Crippen MR) is 142 cm³/mol. The summed E-state index contributed by atoms with van der Waals surface area (Å²) in [6, 6.07) is 15.5. The lowest BCUT2D eigenvalue weighted by atomic mass is 10.1. The fourth-order valence-electron chi connectivity index (χ4n) is 4.36. The molecule has 0 spiro atoms. The van der Waals surface area contributed by atoms with Crippen LogP contribution in [0.25, 0.3) is 21.9 Å². The number of nitriles is 1. The highest BCUT2D eigenvalue weighted by Gasteiger charge is 2.08. The van der Waals surface area contributed by atoms with Gasteiger partial charge in [0.2, 0.25) is 0 Å². The molecule has 1 amide bonds. The fraction of sp³-hybridized carbons (Fsp3) is 0.379. The van der Waals surface area contributed by atoms with Gasteiger partial charge in [-0.1, -0.05) is 25.5 Å². The van der Waals surface area contributed by atoms with Gasteiger partial charge in [-0.15, -0.1) is 0 Å². The van der Waals surface area contributed by atoms with E-state index in [0.29, 0.717) is 5.58 Å². The summed E-state index contributed by atoms with van der Waals surface area (Å²) in [7, 11) is 0. The molecule has 0 aliphatic carbocycles. The van der Waals surface area contributed by atoms with E-state index in [9.17, 15) is 4.79 Å². The molecule has 0 bridgehead atoms. The molecule has 2 aromatic heterocycles. The molecule has 6 heteroatoms. The molecule has 0 aliphatic heterocycles. The lowest BCUT2D eigenvalue weighted by Crippen LogP contribution is -2.26. The number of fused-ring (bicyclic) bond motifs is 2. The number of rotatable bonds is 10. The topological polar surface area (TPSA) is 99.1 Å². The Hall–Kier alpha value is -3.56. The molecule has 35 heavy (non-hydrogen) atoms. The van der Waals surface area contributed by atoms with Gasteiger partial charge >= 0.3 is 0 Å². The van der Waals surface area contributed by atoms with Gasteiger partial charge in [-0.05, 0) is 101 Å². The van der Waals surface area contributed by atoms with Crippen LogP contribution in [-0.2, 0) is 6.42 Å². The average molecular weight is 473 g/mol. The minimum Gasteiger partial charge on any atom is -0.451 e. The number of benzene rings is 2. The first-order valence-electron chi connectivity index (χ1n) is 12.5. The molecular formula is C29H36N4O2. The van der Waals surface area contributed by atoms with Gasteiger partial charge in [0.25, 0.3) is 5.91 Å². The van der Waals surface area contributed by atoms with Gasteiger partial charge in [-0.3, -0.25) is 4.79 Å². The number of unbranched alkanes of at least 4 members (excludes halogenated alkanes) is 1. The Kier molecular flexibility index (Phi) is 9.51. The van der Waals surface area contributed by atoms with E-state index in [1.807, 2.05) is 43.3 Å². The van der Waals surface area contributed by atoms with Gasteiger partial charge in [-0.25, -0.2) is 0 Å². The highest BCUT2D eigenvalue weighted by atomic mass is 16.3. The van der Waals surface area contributed by atoms with E-state index in [0.717, 1.165) is 28.5 Å². The van der Waals surface area contributed by atoms with Gasteiger partial charge in [-0.2, -0.15) is 5.26 Å². The summed E-state index contributed by atoms with van der Waals surface area (Å²) in [4.78, 5) is 16.7. The standard InChI is InChI=1S/C19H27N3.C10H9NO2/c1-3-10-22(11-4-2)12-6-5-7-17-15-21-19-9-8-16(14-20)13-18(17)19;1-6-2-3-8-7(4-6)5-9(13-8)10(11)12/h8-9,13,15,21H,3-7,10-12H2,1-2H3;2-5H,1H3,(H2,11,12). The lowest BCUT2D eigenvalue weighted by Gasteiger charge is -2.20. The third-order valence-electron chi connectivity index (χ3n) is 6.06. The quantitative estimate of drug-likeness (QED) is 0.264. The molecule has 184 valence electrons. The van der Waals surface area contributed by atoms with Crippen LogP contribution in [0.5, 0.6) is 0 Å². The highest BCUT2D eigenvalue weighted by Crippen LogP contribution is 2.22. The van der Waals surface area contributed by atoms with Crippen molar-refractivity contribution in [3.63, 3.8) is 0 Å². The van der Waals surface area contributed by atoms with Crippen molar-refractivity contribution in [2.24, 2.45) is 5.73 Å². The molecule has 2 aromatic carbocycles. The number of amides is 1. The number of furan rings is 1.